The number of pyridine rings is 1. The van der Waals surface area contributed by atoms with Gasteiger partial charge in [0.15, 0.2) is 0 Å². The van der Waals surface area contributed by atoms with Crippen molar-refractivity contribution >= 4 is 0 Å². The molecule has 0 radical (unpaired) electrons. The number of hydrogen-bond donors (Lipinski definition) is 1. The van der Waals surface area contributed by atoms with Crippen molar-refractivity contribution in [2.24, 2.45) is 0 Å². The molecule has 1 aromatic rings. The smallest absolute Gasteiger partial charge is 0.0320 e. The van der Waals surface area contributed by atoms with Crippen LogP contribution in [0.4, 0.5) is 0 Å². The van der Waals surface area contributed by atoms with Crippen molar-refractivity contribution in [3.63, 3.8) is 0 Å². The molecule has 0 spiro atoms. The number of nitrogens with zero attached hydrogens (tertiary/aromatic N) is 2. The van der Waals surface area contributed by atoms with Gasteiger partial charge in [-0.1, -0.05) is 0 Å². The summed E-state index contributed by atoms with van der Waals surface area (Å²) in [5.41, 5.74) is 1.36. The molecule has 1 unspecified atom stereocenters. The summed E-state index contributed by atoms with van der Waals surface area (Å²) < 4.78 is 0. The van der Waals surface area contributed by atoms with Crippen LogP contribution in [0.5, 0.6) is 0 Å². The predicted molar refractivity (Wildman–Crippen MR) is 75.5 cm³/mol. The topological polar surface area (TPSA) is 28.2 Å². The van der Waals surface area contributed by atoms with Crippen LogP contribution >= 0.6 is 0 Å². The average Bonchev–Trinajstić information content (AvgIpc) is 2.47. The van der Waals surface area contributed by atoms with Gasteiger partial charge >= 0.3 is 0 Å². The van der Waals surface area contributed by atoms with Crippen LogP contribution in [0.15, 0.2) is 24.5 Å². The highest BCUT2D eigenvalue weighted by Crippen LogP contribution is 2.28. The molecule has 0 aliphatic heterocycles. The van der Waals surface area contributed by atoms with E-state index in [1.807, 2.05) is 12.4 Å². The van der Waals surface area contributed by atoms with Gasteiger partial charge in [0.1, 0.15) is 0 Å². The Labute approximate surface area is 111 Å². The summed E-state index contributed by atoms with van der Waals surface area (Å²) in [6.45, 7) is 2.29. The molecule has 0 bridgehead atoms. The van der Waals surface area contributed by atoms with Gasteiger partial charge in [0, 0.05) is 30.5 Å². The summed E-state index contributed by atoms with van der Waals surface area (Å²) in [6, 6.07) is 6.17. The molecule has 1 aliphatic rings. The van der Waals surface area contributed by atoms with Gasteiger partial charge in [0.05, 0.1) is 0 Å². The van der Waals surface area contributed by atoms with Crippen molar-refractivity contribution in [1.82, 2.24) is 15.2 Å². The Balaban J connectivity index is 1.93. The maximum absolute atomic E-state index is 4.09. The number of nitrogens with one attached hydrogen (secondary N) is 1. The zero-order chi connectivity index (χ0) is 13.0. The van der Waals surface area contributed by atoms with E-state index in [9.17, 15) is 0 Å². The third-order valence-corrected chi connectivity index (χ3v) is 4.48. The Kier molecular flexibility index (Phi) is 4.72. The number of hydrogen-bond acceptors (Lipinski definition) is 3. The Morgan fingerprint density at radius 2 is 1.83 bits per heavy atom. The largest absolute Gasteiger partial charge is 0.317 e. The van der Waals surface area contributed by atoms with Crippen molar-refractivity contribution in [2.75, 3.05) is 14.1 Å². The summed E-state index contributed by atoms with van der Waals surface area (Å²) in [6.07, 6.45) is 8.98. The fraction of sp³-hybridized carbons (Fsp3) is 0.667. The molecule has 0 amide bonds. The molecule has 18 heavy (non-hydrogen) atoms. The Morgan fingerprint density at radius 3 is 2.39 bits per heavy atom. The molecule has 1 heterocycles. The zero-order valence-corrected chi connectivity index (χ0v) is 11.8. The quantitative estimate of drug-likeness (QED) is 0.886. The lowest BCUT2D eigenvalue weighted by Gasteiger charge is -2.38. The monoisotopic (exact) mass is 247 g/mol. The standard InChI is InChI=1S/C15H25N3/c1-12(13-8-10-17-11-9-13)18(3)15-6-4-14(16-2)5-7-15/h8-12,14-16H,4-7H2,1-3H3. The fourth-order valence-electron chi connectivity index (χ4n) is 2.97. The minimum atomic E-state index is 0.476. The van der Waals surface area contributed by atoms with Crippen molar-refractivity contribution < 1.29 is 0 Å². The first kappa shape index (κ1) is 13.5. The van der Waals surface area contributed by atoms with E-state index in [1.54, 1.807) is 0 Å². The maximum Gasteiger partial charge on any atom is 0.0320 e. The predicted octanol–water partition coefficient (Wildman–Crippen LogP) is 2.61. The van der Waals surface area contributed by atoms with Gasteiger partial charge < -0.3 is 5.32 Å². The SMILES string of the molecule is CNC1CCC(N(C)C(C)c2ccncc2)CC1. The van der Waals surface area contributed by atoms with E-state index in [4.69, 9.17) is 0 Å². The summed E-state index contributed by atoms with van der Waals surface area (Å²) in [4.78, 5) is 6.62. The van der Waals surface area contributed by atoms with E-state index in [-0.39, 0.29) is 0 Å². The second-order valence-corrected chi connectivity index (χ2v) is 5.42. The highest BCUT2D eigenvalue weighted by atomic mass is 15.2. The van der Waals surface area contributed by atoms with Crippen LogP contribution in [-0.4, -0.2) is 36.1 Å². The Hall–Kier alpha value is -0.930. The molecule has 2 rings (SSSR count). The summed E-state index contributed by atoms with van der Waals surface area (Å²) in [5.74, 6) is 0. The van der Waals surface area contributed by atoms with Gasteiger partial charge in [0.2, 0.25) is 0 Å². The van der Waals surface area contributed by atoms with E-state index >= 15 is 0 Å². The lowest BCUT2D eigenvalue weighted by molar-refractivity contribution is 0.136. The molecule has 100 valence electrons. The molecule has 1 fully saturated rings. The third-order valence-electron chi connectivity index (χ3n) is 4.48. The second kappa shape index (κ2) is 6.30. The molecule has 1 atom stereocenters. The van der Waals surface area contributed by atoms with Crippen LogP contribution in [0, 0.1) is 0 Å². The van der Waals surface area contributed by atoms with Crippen molar-refractivity contribution in [1.29, 1.82) is 0 Å². The lowest BCUT2D eigenvalue weighted by Crippen LogP contribution is -2.40. The van der Waals surface area contributed by atoms with Crippen LogP contribution in [0.3, 0.4) is 0 Å². The molecule has 1 N–H and O–H groups in total. The van der Waals surface area contributed by atoms with Crippen molar-refractivity contribution in [3.8, 4) is 0 Å². The van der Waals surface area contributed by atoms with Crippen LogP contribution in [0.25, 0.3) is 0 Å². The van der Waals surface area contributed by atoms with E-state index in [0.717, 1.165) is 12.1 Å². The van der Waals surface area contributed by atoms with E-state index in [1.165, 1.54) is 31.2 Å². The van der Waals surface area contributed by atoms with Gasteiger partial charge in [-0.2, -0.15) is 0 Å². The molecule has 1 aliphatic carbocycles. The zero-order valence-electron chi connectivity index (χ0n) is 11.8. The third kappa shape index (κ3) is 3.09. The van der Waals surface area contributed by atoms with Gasteiger partial charge in [-0.3, -0.25) is 9.88 Å². The summed E-state index contributed by atoms with van der Waals surface area (Å²) in [5, 5.41) is 3.40. The Morgan fingerprint density at radius 1 is 1.22 bits per heavy atom. The summed E-state index contributed by atoms with van der Waals surface area (Å²) >= 11 is 0. The molecule has 1 saturated carbocycles. The second-order valence-electron chi connectivity index (χ2n) is 5.42. The van der Waals surface area contributed by atoms with Gasteiger partial charge in [-0.25, -0.2) is 0 Å². The first-order valence-corrected chi connectivity index (χ1v) is 7.01. The van der Waals surface area contributed by atoms with Crippen LogP contribution < -0.4 is 5.32 Å². The molecule has 3 nitrogen and oxygen atoms in total. The molecule has 0 saturated heterocycles. The van der Waals surface area contributed by atoms with Gasteiger partial charge in [0.25, 0.3) is 0 Å². The van der Waals surface area contributed by atoms with Gasteiger partial charge in [-0.15, -0.1) is 0 Å². The minimum Gasteiger partial charge on any atom is -0.317 e. The molecular formula is C15H25N3. The average molecular weight is 247 g/mol. The maximum atomic E-state index is 4.09. The first-order valence-electron chi connectivity index (χ1n) is 7.01. The lowest BCUT2D eigenvalue weighted by atomic mass is 9.89. The van der Waals surface area contributed by atoms with Crippen molar-refractivity contribution in [2.45, 2.75) is 50.7 Å². The fourth-order valence-corrected chi connectivity index (χ4v) is 2.97. The molecule has 0 aromatic carbocycles. The molecule has 3 heteroatoms. The molecular weight excluding hydrogens is 222 g/mol. The highest BCUT2D eigenvalue weighted by Gasteiger charge is 2.26. The van der Waals surface area contributed by atoms with Crippen LogP contribution in [0.2, 0.25) is 0 Å². The molecule has 1 aromatic heterocycles. The van der Waals surface area contributed by atoms with Crippen LogP contribution in [-0.2, 0) is 0 Å². The van der Waals surface area contributed by atoms with E-state index in [2.05, 4.69) is 48.4 Å². The number of aromatic nitrogens is 1. The minimum absolute atomic E-state index is 0.476. The van der Waals surface area contributed by atoms with Gasteiger partial charge in [-0.05, 0) is 64.4 Å². The Bertz CT molecular complexity index is 344. The summed E-state index contributed by atoms with van der Waals surface area (Å²) in [7, 11) is 4.34. The normalized spacial score (nSPS) is 26.2. The van der Waals surface area contributed by atoms with E-state index < -0.39 is 0 Å². The number of rotatable bonds is 4. The highest BCUT2D eigenvalue weighted by molar-refractivity contribution is 5.14. The van der Waals surface area contributed by atoms with Crippen LogP contribution in [0.1, 0.15) is 44.2 Å². The first-order chi connectivity index (χ1) is 8.72. The van der Waals surface area contributed by atoms with E-state index in [0.29, 0.717) is 6.04 Å². The van der Waals surface area contributed by atoms with Crippen molar-refractivity contribution in [3.05, 3.63) is 30.1 Å².